The van der Waals surface area contributed by atoms with Crippen LogP contribution in [-0.4, -0.2) is 38.2 Å². The van der Waals surface area contributed by atoms with E-state index in [9.17, 15) is 9.35 Å². The first kappa shape index (κ1) is 23.3. The molecule has 1 heterocycles. The molecule has 0 aliphatic heterocycles. The highest BCUT2D eigenvalue weighted by Gasteiger charge is 2.31. The number of benzene rings is 2. The molecule has 0 saturated heterocycles. The largest absolute Gasteiger partial charge is 0.598 e. The summed E-state index contributed by atoms with van der Waals surface area (Å²) in [5.41, 5.74) is 3.42. The Labute approximate surface area is 188 Å². The van der Waals surface area contributed by atoms with Crippen LogP contribution in [0.1, 0.15) is 62.1 Å². The Morgan fingerprint density at radius 3 is 2.32 bits per heavy atom. The van der Waals surface area contributed by atoms with Gasteiger partial charge in [0.15, 0.2) is 0 Å². The lowest BCUT2D eigenvalue weighted by Gasteiger charge is -2.29. The average Bonchev–Trinajstić information content (AvgIpc) is 2.77. The van der Waals surface area contributed by atoms with E-state index in [0.717, 1.165) is 22.0 Å². The lowest BCUT2D eigenvalue weighted by atomic mass is 9.96. The molecule has 5 nitrogen and oxygen atoms in total. The van der Waals surface area contributed by atoms with Crippen LogP contribution < -0.4 is 4.72 Å². The van der Waals surface area contributed by atoms with Gasteiger partial charge in [-0.1, -0.05) is 36.4 Å². The second kappa shape index (κ2) is 9.81. The van der Waals surface area contributed by atoms with E-state index in [-0.39, 0.29) is 11.9 Å². The van der Waals surface area contributed by atoms with E-state index in [0.29, 0.717) is 18.7 Å². The standard InChI is InChI=1S/C25H31N3O2S/c1-6-28(7-2)24(29)20-15-13-19(14-16-20)23(27-31(30)25(3,4)5)21-12-8-10-18-11-9-17-26-22(18)21/h8-17,23,27H,6-7H2,1-5H3/t23?,31-/m1/s1. The van der Waals surface area contributed by atoms with Gasteiger partial charge < -0.3 is 9.45 Å². The maximum atomic E-state index is 13.0. The number of fused-ring (bicyclic) bond motifs is 1. The smallest absolute Gasteiger partial charge is 0.253 e. The number of pyridine rings is 1. The predicted molar refractivity (Wildman–Crippen MR) is 128 cm³/mol. The molecule has 0 spiro atoms. The van der Waals surface area contributed by atoms with Gasteiger partial charge in [-0.25, -0.2) is 0 Å². The molecule has 0 saturated carbocycles. The number of hydrogen-bond acceptors (Lipinski definition) is 4. The molecule has 1 unspecified atom stereocenters. The Morgan fingerprint density at radius 2 is 1.71 bits per heavy atom. The summed E-state index contributed by atoms with van der Waals surface area (Å²) in [6.07, 6.45) is 1.77. The number of para-hydroxylation sites is 1. The minimum Gasteiger partial charge on any atom is -0.598 e. The third-order valence-electron chi connectivity index (χ3n) is 5.30. The van der Waals surface area contributed by atoms with Crippen molar-refractivity contribution in [2.24, 2.45) is 0 Å². The molecule has 1 aromatic heterocycles. The van der Waals surface area contributed by atoms with Crippen molar-refractivity contribution in [1.82, 2.24) is 14.6 Å². The molecule has 3 rings (SSSR count). The normalized spacial score (nSPS) is 13.7. The summed E-state index contributed by atoms with van der Waals surface area (Å²) in [6.45, 7) is 11.1. The zero-order valence-corrected chi connectivity index (χ0v) is 19.7. The van der Waals surface area contributed by atoms with Gasteiger partial charge in [0.1, 0.15) is 10.8 Å². The van der Waals surface area contributed by atoms with E-state index in [1.807, 2.05) is 89.2 Å². The Kier molecular flexibility index (Phi) is 7.36. The van der Waals surface area contributed by atoms with Crippen LogP contribution >= 0.6 is 0 Å². The summed E-state index contributed by atoms with van der Waals surface area (Å²) in [6, 6.07) is 17.2. The number of aromatic nitrogens is 1. The zero-order chi connectivity index (χ0) is 22.6. The molecular weight excluding hydrogens is 406 g/mol. The molecule has 164 valence electrons. The minimum absolute atomic E-state index is 0.0196. The number of hydrogen-bond donors (Lipinski definition) is 1. The summed E-state index contributed by atoms with van der Waals surface area (Å²) in [5, 5.41) is 1.03. The van der Waals surface area contributed by atoms with Gasteiger partial charge in [-0.05, 0) is 58.4 Å². The van der Waals surface area contributed by atoms with Crippen LogP contribution in [-0.2, 0) is 11.4 Å². The third-order valence-corrected chi connectivity index (χ3v) is 6.86. The van der Waals surface area contributed by atoms with Gasteiger partial charge in [0.05, 0.1) is 5.52 Å². The predicted octanol–water partition coefficient (Wildman–Crippen LogP) is 4.86. The van der Waals surface area contributed by atoms with Crippen LogP contribution in [0.15, 0.2) is 60.8 Å². The van der Waals surface area contributed by atoms with Gasteiger partial charge in [0, 0.05) is 47.2 Å². The zero-order valence-electron chi connectivity index (χ0n) is 18.9. The fourth-order valence-corrected chi connectivity index (χ4v) is 4.30. The van der Waals surface area contributed by atoms with Gasteiger partial charge in [0.2, 0.25) is 0 Å². The molecule has 2 atom stereocenters. The quantitative estimate of drug-likeness (QED) is 0.536. The van der Waals surface area contributed by atoms with Crippen LogP contribution in [0, 0.1) is 0 Å². The van der Waals surface area contributed by atoms with Crippen LogP contribution in [0.25, 0.3) is 10.9 Å². The Morgan fingerprint density at radius 1 is 1.06 bits per heavy atom. The maximum Gasteiger partial charge on any atom is 0.253 e. The molecule has 0 fully saturated rings. The first-order chi connectivity index (χ1) is 14.8. The second-order valence-corrected chi connectivity index (χ2v) is 10.5. The van der Waals surface area contributed by atoms with Gasteiger partial charge in [-0.3, -0.25) is 9.78 Å². The van der Waals surface area contributed by atoms with Crippen LogP contribution in [0.4, 0.5) is 0 Å². The molecular formula is C25H31N3O2S. The highest BCUT2D eigenvalue weighted by Crippen LogP contribution is 2.30. The summed E-state index contributed by atoms with van der Waals surface area (Å²) in [4.78, 5) is 19.1. The molecule has 3 aromatic rings. The highest BCUT2D eigenvalue weighted by atomic mass is 32.2. The van der Waals surface area contributed by atoms with Crippen molar-refractivity contribution >= 4 is 28.2 Å². The fraction of sp³-hybridized carbons (Fsp3) is 0.360. The molecule has 0 bridgehead atoms. The topological polar surface area (TPSA) is 68.3 Å². The van der Waals surface area contributed by atoms with E-state index in [1.165, 1.54) is 0 Å². The first-order valence-corrected chi connectivity index (χ1v) is 11.8. The monoisotopic (exact) mass is 437 g/mol. The van der Waals surface area contributed by atoms with Gasteiger partial charge >= 0.3 is 0 Å². The lowest BCUT2D eigenvalue weighted by molar-refractivity contribution is 0.0773. The molecule has 0 radical (unpaired) electrons. The summed E-state index contributed by atoms with van der Waals surface area (Å²) < 4.78 is 15.9. The molecule has 6 heteroatoms. The molecule has 2 aromatic carbocycles. The lowest BCUT2D eigenvalue weighted by Crippen LogP contribution is -2.41. The van der Waals surface area contributed by atoms with Gasteiger partial charge in [-0.15, -0.1) is 4.72 Å². The van der Waals surface area contributed by atoms with Crippen molar-refractivity contribution in [2.45, 2.75) is 45.4 Å². The number of rotatable bonds is 7. The molecule has 1 N–H and O–H groups in total. The van der Waals surface area contributed by atoms with Crippen molar-refractivity contribution in [2.75, 3.05) is 13.1 Å². The SMILES string of the molecule is CCN(CC)C(=O)c1ccc(C(N[S@+]([O-])C(C)(C)C)c2cccc3cccnc23)cc1. The highest BCUT2D eigenvalue weighted by molar-refractivity contribution is 7.90. The van der Waals surface area contributed by atoms with Crippen molar-refractivity contribution < 1.29 is 9.35 Å². The Hall–Kier alpha value is -2.41. The van der Waals surface area contributed by atoms with Crippen molar-refractivity contribution in [3.8, 4) is 0 Å². The first-order valence-electron chi connectivity index (χ1n) is 10.7. The van der Waals surface area contributed by atoms with E-state index in [2.05, 4.69) is 9.71 Å². The van der Waals surface area contributed by atoms with Gasteiger partial charge in [0.25, 0.3) is 5.91 Å². The Balaban J connectivity index is 2.04. The number of amides is 1. The Bertz CT molecular complexity index is 1020. The second-order valence-electron chi connectivity index (χ2n) is 8.45. The number of nitrogens with one attached hydrogen (secondary N) is 1. The average molecular weight is 438 g/mol. The maximum absolute atomic E-state index is 13.0. The van der Waals surface area contributed by atoms with E-state index in [1.54, 1.807) is 11.1 Å². The summed E-state index contributed by atoms with van der Waals surface area (Å²) in [5.74, 6) is 0.0196. The summed E-state index contributed by atoms with van der Waals surface area (Å²) in [7, 11) is 0. The number of carbonyl (C=O) groups is 1. The third kappa shape index (κ3) is 5.26. The van der Waals surface area contributed by atoms with Crippen molar-refractivity contribution in [3.63, 3.8) is 0 Å². The van der Waals surface area contributed by atoms with Crippen LogP contribution in [0.5, 0.6) is 0 Å². The van der Waals surface area contributed by atoms with E-state index in [4.69, 9.17) is 0 Å². The molecule has 31 heavy (non-hydrogen) atoms. The van der Waals surface area contributed by atoms with E-state index >= 15 is 0 Å². The fourth-order valence-electron chi connectivity index (χ4n) is 3.47. The molecule has 0 aliphatic rings. The molecule has 1 amide bonds. The van der Waals surface area contributed by atoms with E-state index < -0.39 is 16.1 Å². The summed E-state index contributed by atoms with van der Waals surface area (Å²) >= 11 is -1.29. The van der Waals surface area contributed by atoms with Crippen molar-refractivity contribution in [1.29, 1.82) is 0 Å². The van der Waals surface area contributed by atoms with Crippen molar-refractivity contribution in [3.05, 3.63) is 77.5 Å². The van der Waals surface area contributed by atoms with Crippen LogP contribution in [0.2, 0.25) is 0 Å². The van der Waals surface area contributed by atoms with Crippen LogP contribution in [0.3, 0.4) is 0 Å². The van der Waals surface area contributed by atoms with Gasteiger partial charge in [-0.2, -0.15) is 0 Å². The minimum atomic E-state index is -1.29. The number of carbonyl (C=O) groups excluding carboxylic acids is 1. The number of nitrogens with zero attached hydrogens (tertiary/aromatic N) is 2. The molecule has 0 aliphatic carbocycles.